The van der Waals surface area contributed by atoms with Crippen molar-refractivity contribution in [1.82, 2.24) is 15.1 Å². The molecule has 1 aliphatic carbocycles. The van der Waals surface area contributed by atoms with Crippen LogP contribution in [0.2, 0.25) is 0 Å². The van der Waals surface area contributed by atoms with E-state index >= 15 is 0 Å². The van der Waals surface area contributed by atoms with Gasteiger partial charge >= 0.3 is 0 Å². The summed E-state index contributed by atoms with van der Waals surface area (Å²) in [5.74, 6) is -1.35. The van der Waals surface area contributed by atoms with Crippen LogP contribution in [0, 0.1) is 11.8 Å². The van der Waals surface area contributed by atoms with Crippen LogP contribution in [-0.2, 0) is 21.4 Å². The van der Waals surface area contributed by atoms with Gasteiger partial charge in [-0.2, -0.15) is 5.10 Å². The number of hydrogen-bond acceptors (Lipinski definition) is 4. The Kier molecular flexibility index (Phi) is 5.78. The van der Waals surface area contributed by atoms with Gasteiger partial charge in [0.2, 0.25) is 18.2 Å². The first kappa shape index (κ1) is 19.7. The van der Waals surface area contributed by atoms with E-state index in [0.29, 0.717) is 37.9 Å². The molecule has 1 aromatic rings. The predicted octanol–water partition coefficient (Wildman–Crippen LogP) is 1.73. The first-order valence-corrected chi connectivity index (χ1v) is 9.23. The molecule has 2 heterocycles. The van der Waals surface area contributed by atoms with Crippen LogP contribution in [0.4, 0.5) is 14.5 Å². The Morgan fingerprint density at radius 1 is 1.44 bits per heavy atom. The van der Waals surface area contributed by atoms with Gasteiger partial charge in [-0.1, -0.05) is 0 Å². The lowest BCUT2D eigenvalue weighted by Gasteiger charge is -2.39. The van der Waals surface area contributed by atoms with Crippen molar-refractivity contribution in [3.63, 3.8) is 0 Å². The van der Waals surface area contributed by atoms with Crippen molar-refractivity contribution in [3.8, 4) is 0 Å². The lowest BCUT2D eigenvalue weighted by Crippen LogP contribution is -2.48. The van der Waals surface area contributed by atoms with E-state index in [0.717, 1.165) is 0 Å². The summed E-state index contributed by atoms with van der Waals surface area (Å²) in [6, 6.07) is 0. The first-order valence-electron chi connectivity index (χ1n) is 9.23. The SMILES string of the molecule is COC1(CNC(=O)C2CC(=O)N(c3cnn(C)c3)C2)CCC(C(F)F)CC1. The number of halogens is 2. The van der Waals surface area contributed by atoms with Gasteiger partial charge in [0.15, 0.2) is 0 Å². The molecule has 2 aliphatic rings. The molecule has 1 saturated heterocycles. The quantitative estimate of drug-likeness (QED) is 0.810. The second-order valence-electron chi connectivity index (χ2n) is 7.55. The number of aromatic nitrogens is 2. The number of carbonyl (C=O) groups is 2. The zero-order valence-corrected chi connectivity index (χ0v) is 15.7. The van der Waals surface area contributed by atoms with E-state index in [9.17, 15) is 18.4 Å². The Hall–Kier alpha value is -2.03. The zero-order valence-electron chi connectivity index (χ0n) is 15.7. The average molecular weight is 384 g/mol. The third kappa shape index (κ3) is 4.28. The van der Waals surface area contributed by atoms with E-state index < -0.39 is 23.9 Å². The summed E-state index contributed by atoms with van der Waals surface area (Å²) in [5, 5.41) is 6.93. The maximum atomic E-state index is 12.9. The molecule has 2 fully saturated rings. The molecule has 1 unspecified atom stereocenters. The van der Waals surface area contributed by atoms with Gasteiger partial charge in [0, 0.05) is 45.8 Å². The number of amides is 2. The molecule has 7 nitrogen and oxygen atoms in total. The van der Waals surface area contributed by atoms with Gasteiger partial charge in [0.05, 0.1) is 23.4 Å². The molecule has 0 spiro atoms. The van der Waals surface area contributed by atoms with Crippen LogP contribution in [0.1, 0.15) is 32.1 Å². The normalized spacial score (nSPS) is 28.8. The zero-order chi connectivity index (χ0) is 19.6. The lowest BCUT2D eigenvalue weighted by atomic mass is 9.78. The summed E-state index contributed by atoms with van der Waals surface area (Å²) in [5.41, 5.74) is 0.0728. The lowest BCUT2D eigenvalue weighted by molar-refractivity contribution is -0.128. The van der Waals surface area contributed by atoms with Gasteiger partial charge in [0.25, 0.3) is 0 Å². The number of nitrogens with zero attached hydrogens (tertiary/aromatic N) is 3. The molecule has 27 heavy (non-hydrogen) atoms. The molecular formula is C18H26F2N4O3. The molecule has 1 N–H and O–H groups in total. The number of carbonyl (C=O) groups excluding carboxylic acids is 2. The average Bonchev–Trinajstić information content (AvgIpc) is 3.25. The molecule has 1 saturated carbocycles. The largest absolute Gasteiger partial charge is 0.376 e. The Labute approximate surface area is 157 Å². The van der Waals surface area contributed by atoms with Crippen molar-refractivity contribution in [2.75, 3.05) is 25.1 Å². The van der Waals surface area contributed by atoms with E-state index in [-0.39, 0.29) is 24.8 Å². The van der Waals surface area contributed by atoms with Crippen LogP contribution < -0.4 is 10.2 Å². The maximum absolute atomic E-state index is 12.9. The Morgan fingerprint density at radius 2 is 2.15 bits per heavy atom. The fourth-order valence-electron chi connectivity index (χ4n) is 3.94. The van der Waals surface area contributed by atoms with Crippen molar-refractivity contribution >= 4 is 17.5 Å². The monoisotopic (exact) mass is 384 g/mol. The van der Waals surface area contributed by atoms with Crippen LogP contribution in [0.25, 0.3) is 0 Å². The third-order valence-corrected chi connectivity index (χ3v) is 5.81. The number of anilines is 1. The minimum atomic E-state index is -2.31. The Balaban J connectivity index is 1.54. The fourth-order valence-corrected chi connectivity index (χ4v) is 3.94. The second-order valence-corrected chi connectivity index (χ2v) is 7.55. The van der Waals surface area contributed by atoms with E-state index in [2.05, 4.69) is 10.4 Å². The first-order chi connectivity index (χ1) is 12.8. The molecular weight excluding hydrogens is 358 g/mol. The summed E-state index contributed by atoms with van der Waals surface area (Å²) in [6.45, 7) is 0.583. The van der Waals surface area contributed by atoms with Gasteiger partial charge in [-0.15, -0.1) is 0 Å². The van der Waals surface area contributed by atoms with E-state index in [1.807, 2.05) is 0 Å². The molecule has 1 atom stereocenters. The van der Waals surface area contributed by atoms with Crippen molar-refractivity contribution < 1.29 is 23.1 Å². The molecule has 0 bridgehead atoms. The van der Waals surface area contributed by atoms with Crippen LogP contribution >= 0.6 is 0 Å². The molecule has 1 aromatic heterocycles. The summed E-state index contributed by atoms with van der Waals surface area (Å²) in [7, 11) is 3.32. The number of methoxy groups -OCH3 is 1. The van der Waals surface area contributed by atoms with Gasteiger partial charge in [-0.05, 0) is 25.7 Å². The van der Waals surface area contributed by atoms with Crippen molar-refractivity contribution in [1.29, 1.82) is 0 Å². The smallest absolute Gasteiger partial charge is 0.241 e. The van der Waals surface area contributed by atoms with Crippen molar-refractivity contribution in [2.24, 2.45) is 18.9 Å². The number of nitrogens with one attached hydrogen (secondary N) is 1. The summed E-state index contributed by atoms with van der Waals surface area (Å²) in [6.07, 6.45) is 2.93. The minimum absolute atomic E-state index is 0.109. The number of rotatable bonds is 6. The molecule has 1 aliphatic heterocycles. The van der Waals surface area contributed by atoms with Crippen molar-refractivity contribution in [2.45, 2.75) is 44.1 Å². The topological polar surface area (TPSA) is 76.5 Å². The van der Waals surface area contributed by atoms with Gasteiger partial charge in [-0.3, -0.25) is 14.3 Å². The second kappa shape index (κ2) is 7.92. The Bertz CT molecular complexity index is 686. The number of hydrogen-bond donors (Lipinski definition) is 1. The summed E-state index contributed by atoms with van der Waals surface area (Å²) in [4.78, 5) is 26.4. The van der Waals surface area contributed by atoms with Gasteiger partial charge in [-0.25, -0.2) is 8.78 Å². The molecule has 9 heteroatoms. The molecule has 2 amide bonds. The van der Waals surface area contributed by atoms with E-state index in [4.69, 9.17) is 4.74 Å². The highest BCUT2D eigenvalue weighted by Crippen LogP contribution is 2.37. The van der Waals surface area contributed by atoms with Crippen molar-refractivity contribution in [3.05, 3.63) is 12.4 Å². The van der Waals surface area contributed by atoms with Gasteiger partial charge < -0.3 is 15.0 Å². The Morgan fingerprint density at radius 3 is 2.70 bits per heavy atom. The van der Waals surface area contributed by atoms with Crippen LogP contribution in [0.3, 0.4) is 0 Å². The summed E-state index contributed by atoms with van der Waals surface area (Å²) >= 11 is 0. The number of ether oxygens (including phenoxy) is 1. The molecule has 3 rings (SSSR count). The van der Waals surface area contributed by atoms with Gasteiger partial charge in [0.1, 0.15) is 0 Å². The van der Waals surface area contributed by atoms with Crippen LogP contribution in [0.5, 0.6) is 0 Å². The molecule has 0 radical (unpaired) electrons. The van der Waals surface area contributed by atoms with E-state index in [1.54, 1.807) is 36.1 Å². The van der Waals surface area contributed by atoms with Crippen LogP contribution in [-0.4, -0.2) is 53.8 Å². The fraction of sp³-hybridized carbons (Fsp3) is 0.722. The van der Waals surface area contributed by atoms with Crippen LogP contribution in [0.15, 0.2) is 12.4 Å². The van der Waals surface area contributed by atoms with E-state index in [1.165, 1.54) is 0 Å². The highest BCUT2D eigenvalue weighted by Gasteiger charge is 2.40. The molecule has 150 valence electrons. The maximum Gasteiger partial charge on any atom is 0.241 e. The highest BCUT2D eigenvalue weighted by molar-refractivity contribution is 6.00. The minimum Gasteiger partial charge on any atom is -0.376 e. The summed E-state index contributed by atoms with van der Waals surface area (Å²) < 4.78 is 32.9. The predicted molar refractivity (Wildman–Crippen MR) is 94.4 cm³/mol. The third-order valence-electron chi connectivity index (χ3n) is 5.81. The highest BCUT2D eigenvalue weighted by atomic mass is 19.3. The number of aryl methyl sites for hydroxylation is 1. The molecule has 0 aromatic carbocycles. The number of alkyl halides is 2. The standard InChI is InChI=1S/C18H26F2N4O3/c1-23-10-14(8-22-23)24-9-13(7-15(24)25)17(26)21-11-18(27-2)5-3-12(4-6-18)16(19)20/h8,10,12-13,16H,3-7,9,11H2,1-2H3,(H,21,26).